The van der Waals surface area contributed by atoms with Gasteiger partial charge >= 0.3 is 11.9 Å². The van der Waals surface area contributed by atoms with Gasteiger partial charge in [0, 0.05) is 25.7 Å². The van der Waals surface area contributed by atoms with Gasteiger partial charge in [-0.3, -0.25) is 19.2 Å². The highest BCUT2D eigenvalue weighted by molar-refractivity contribution is 5.94. The standard InChI is InChI=1S/C62H104N4O7/c1-7-9-11-13-15-17-19-24-28-38-48-72-59(68)47-46-55(62(71)73-49-39-29-25-20-18-16-14-12-10-8-2)64-61(70)57(51-54-43-35-31-36-44-54)65-60(69)56(50-53-41-33-30-34-42-53)63-58(67)45-37-27-23-21-22-26-32-40-52(3)66(4,5)6/h30-31,33-36,41-44,52,55-57H,7-29,32,37-40,45-51H2,1-6H3,(H2-,63,64,65,67,69,70)/p+1/t52?,55-,56-,57-/m0/s1. The van der Waals surface area contributed by atoms with E-state index in [1.54, 1.807) is 0 Å². The summed E-state index contributed by atoms with van der Waals surface area (Å²) < 4.78 is 12.3. The second-order valence-electron chi connectivity index (χ2n) is 21.9. The summed E-state index contributed by atoms with van der Waals surface area (Å²) in [7, 11) is 6.75. The van der Waals surface area contributed by atoms with Crippen molar-refractivity contribution in [3.05, 3.63) is 71.8 Å². The highest BCUT2D eigenvalue weighted by atomic mass is 16.5. The van der Waals surface area contributed by atoms with Crippen LogP contribution in [0.2, 0.25) is 0 Å². The predicted molar refractivity (Wildman–Crippen MR) is 300 cm³/mol. The highest BCUT2D eigenvalue weighted by Gasteiger charge is 2.31. The van der Waals surface area contributed by atoms with Crippen molar-refractivity contribution in [2.75, 3.05) is 34.4 Å². The van der Waals surface area contributed by atoms with Crippen LogP contribution in [0, 0.1) is 0 Å². The smallest absolute Gasteiger partial charge is 0.328 e. The Morgan fingerprint density at radius 2 is 0.822 bits per heavy atom. The fourth-order valence-corrected chi connectivity index (χ4v) is 9.15. The number of amides is 3. The van der Waals surface area contributed by atoms with Crippen molar-refractivity contribution in [2.24, 2.45) is 0 Å². The first-order valence-corrected chi connectivity index (χ1v) is 29.4. The molecule has 0 spiro atoms. The molecular weight excluding hydrogens is 913 g/mol. The van der Waals surface area contributed by atoms with Crippen LogP contribution < -0.4 is 16.0 Å². The number of ether oxygens (including phenoxy) is 2. The summed E-state index contributed by atoms with van der Waals surface area (Å²) in [4.78, 5) is 69.0. The molecule has 0 saturated heterocycles. The van der Waals surface area contributed by atoms with Crippen LogP contribution in [0.15, 0.2) is 60.7 Å². The zero-order valence-electron chi connectivity index (χ0n) is 47.1. The molecule has 0 aliphatic rings. The zero-order chi connectivity index (χ0) is 53.2. The minimum Gasteiger partial charge on any atom is -0.466 e. The number of nitrogens with one attached hydrogen (secondary N) is 3. The van der Waals surface area contributed by atoms with E-state index in [-0.39, 0.29) is 38.2 Å². The van der Waals surface area contributed by atoms with Crippen LogP contribution in [0.25, 0.3) is 0 Å². The van der Waals surface area contributed by atoms with Gasteiger partial charge in [0.1, 0.15) is 18.1 Å². The van der Waals surface area contributed by atoms with Gasteiger partial charge in [-0.25, -0.2) is 4.79 Å². The van der Waals surface area contributed by atoms with Gasteiger partial charge in [0.15, 0.2) is 0 Å². The van der Waals surface area contributed by atoms with E-state index < -0.39 is 41.9 Å². The van der Waals surface area contributed by atoms with Crippen molar-refractivity contribution in [1.29, 1.82) is 0 Å². The number of rotatable bonds is 46. The summed E-state index contributed by atoms with van der Waals surface area (Å²) in [5.74, 6) is -2.33. The molecule has 2 rings (SSSR count). The number of carbonyl (C=O) groups excluding carboxylic acids is 5. The molecule has 1 unspecified atom stereocenters. The van der Waals surface area contributed by atoms with Gasteiger partial charge in [-0.2, -0.15) is 0 Å². The van der Waals surface area contributed by atoms with E-state index in [2.05, 4.69) is 57.9 Å². The van der Waals surface area contributed by atoms with Gasteiger partial charge in [-0.1, -0.05) is 222 Å². The maximum Gasteiger partial charge on any atom is 0.328 e. The molecule has 0 aromatic heterocycles. The SMILES string of the molecule is CCCCCCCCCCCCOC(=O)CC[C@H](NC(=O)[C@H](Cc1ccccc1)NC(=O)[C@H](Cc1ccccc1)NC(=O)CCCCCCCCCC(C)[N+](C)(C)C)C(=O)OCCCCCCCCCCCC. The number of unbranched alkanes of at least 4 members (excludes halogenated alkanes) is 24. The summed E-state index contributed by atoms with van der Waals surface area (Å²) in [5.41, 5.74) is 1.68. The van der Waals surface area contributed by atoms with Gasteiger partial charge in [0.25, 0.3) is 0 Å². The molecule has 0 saturated carbocycles. The molecule has 0 aliphatic heterocycles. The zero-order valence-corrected chi connectivity index (χ0v) is 47.1. The van der Waals surface area contributed by atoms with E-state index in [1.807, 2.05) is 60.7 Å². The molecule has 414 valence electrons. The first-order chi connectivity index (χ1) is 35.3. The summed E-state index contributed by atoms with van der Waals surface area (Å²) in [6, 6.07) is 16.4. The number of esters is 2. The molecule has 0 heterocycles. The van der Waals surface area contributed by atoms with Crippen LogP contribution in [0.4, 0.5) is 0 Å². The van der Waals surface area contributed by atoms with Crippen molar-refractivity contribution < 1.29 is 37.9 Å². The van der Waals surface area contributed by atoms with E-state index in [1.165, 1.54) is 109 Å². The molecule has 0 fully saturated rings. The van der Waals surface area contributed by atoms with Crippen LogP contribution in [-0.2, 0) is 46.3 Å². The largest absolute Gasteiger partial charge is 0.466 e. The predicted octanol–water partition coefficient (Wildman–Crippen LogP) is 13.2. The molecule has 3 amide bonds. The highest BCUT2D eigenvalue weighted by Crippen LogP contribution is 2.17. The number of carbonyl (C=O) groups is 5. The van der Waals surface area contributed by atoms with Gasteiger partial charge in [-0.15, -0.1) is 0 Å². The van der Waals surface area contributed by atoms with E-state index in [4.69, 9.17) is 9.47 Å². The number of hydrogen-bond acceptors (Lipinski definition) is 7. The molecule has 2 aromatic carbocycles. The van der Waals surface area contributed by atoms with E-state index in [0.29, 0.717) is 25.5 Å². The lowest BCUT2D eigenvalue weighted by Crippen LogP contribution is -2.57. The van der Waals surface area contributed by atoms with Gasteiger partial charge < -0.3 is 29.9 Å². The fraction of sp³-hybridized carbons (Fsp3) is 0.726. The Labute approximate surface area is 444 Å². The summed E-state index contributed by atoms with van der Waals surface area (Å²) in [5, 5.41) is 8.82. The quantitative estimate of drug-likeness (QED) is 0.0341. The maximum absolute atomic E-state index is 14.4. The molecule has 11 heteroatoms. The Morgan fingerprint density at radius 3 is 1.27 bits per heavy atom. The average Bonchev–Trinajstić information content (AvgIpc) is 3.37. The van der Waals surface area contributed by atoms with Crippen LogP contribution >= 0.6 is 0 Å². The minimum atomic E-state index is -1.13. The minimum absolute atomic E-state index is 0.00564. The Morgan fingerprint density at radius 1 is 0.438 bits per heavy atom. The van der Waals surface area contributed by atoms with Crippen molar-refractivity contribution in [3.63, 3.8) is 0 Å². The molecule has 4 atom stereocenters. The van der Waals surface area contributed by atoms with Crippen LogP contribution in [0.3, 0.4) is 0 Å². The van der Waals surface area contributed by atoms with Crippen LogP contribution in [0.5, 0.6) is 0 Å². The lowest BCUT2D eigenvalue weighted by atomic mass is 10.0. The van der Waals surface area contributed by atoms with Crippen LogP contribution in [0.1, 0.15) is 231 Å². The molecule has 0 radical (unpaired) electrons. The Hall–Kier alpha value is -4.25. The summed E-state index contributed by atoms with van der Waals surface area (Å²) in [6.45, 7) is 7.31. The van der Waals surface area contributed by atoms with Gasteiger partial charge in [-0.05, 0) is 56.6 Å². The summed E-state index contributed by atoms with van der Waals surface area (Å²) in [6.07, 6.45) is 32.6. The Balaban J connectivity index is 2.09. The van der Waals surface area contributed by atoms with Crippen molar-refractivity contribution in [1.82, 2.24) is 16.0 Å². The monoisotopic (exact) mass is 1020 g/mol. The number of benzene rings is 2. The topological polar surface area (TPSA) is 140 Å². The molecule has 0 bridgehead atoms. The van der Waals surface area contributed by atoms with Crippen molar-refractivity contribution in [2.45, 2.75) is 257 Å². The average molecular weight is 1020 g/mol. The Kier molecular flexibility index (Phi) is 37.3. The van der Waals surface area contributed by atoms with E-state index in [0.717, 1.165) is 79.8 Å². The number of hydrogen-bond donors (Lipinski definition) is 3. The van der Waals surface area contributed by atoms with Gasteiger partial charge in [0.2, 0.25) is 17.7 Å². The lowest BCUT2D eigenvalue weighted by Gasteiger charge is -2.31. The molecule has 0 aliphatic carbocycles. The van der Waals surface area contributed by atoms with Gasteiger partial charge in [0.05, 0.1) is 40.4 Å². The molecule has 3 N–H and O–H groups in total. The van der Waals surface area contributed by atoms with E-state index in [9.17, 15) is 24.0 Å². The Bertz CT molecular complexity index is 1720. The molecular formula is C62H105N4O7+. The van der Waals surface area contributed by atoms with Crippen molar-refractivity contribution >= 4 is 29.7 Å². The molecule has 2 aromatic rings. The van der Waals surface area contributed by atoms with Crippen molar-refractivity contribution in [3.8, 4) is 0 Å². The second-order valence-corrected chi connectivity index (χ2v) is 21.9. The molecule has 73 heavy (non-hydrogen) atoms. The fourth-order valence-electron chi connectivity index (χ4n) is 9.15. The maximum atomic E-state index is 14.4. The normalized spacial score (nSPS) is 13.1. The first kappa shape index (κ1) is 64.9. The lowest BCUT2D eigenvalue weighted by molar-refractivity contribution is -0.894. The number of quaternary nitrogens is 1. The molecule has 11 nitrogen and oxygen atoms in total. The van der Waals surface area contributed by atoms with Crippen LogP contribution in [-0.4, -0.2) is 92.7 Å². The summed E-state index contributed by atoms with van der Waals surface area (Å²) >= 11 is 0. The third kappa shape index (κ3) is 34.0. The number of nitrogens with zero attached hydrogens (tertiary/aromatic N) is 1. The third-order valence-corrected chi connectivity index (χ3v) is 14.4. The second kappa shape index (κ2) is 42.0. The third-order valence-electron chi connectivity index (χ3n) is 14.4. The first-order valence-electron chi connectivity index (χ1n) is 29.4. The van der Waals surface area contributed by atoms with E-state index >= 15 is 0 Å².